The first kappa shape index (κ1) is 15.2. The Bertz CT molecular complexity index is 747. The predicted octanol–water partition coefficient (Wildman–Crippen LogP) is 2.44. The average Bonchev–Trinajstić information content (AvgIpc) is 3.02. The van der Waals surface area contributed by atoms with Crippen molar-refractivity contribution in [3.8, 4) is 0 Å². The molecule has 1 aromatic rings. The Morgan fingerprint density at radius 1 is 1.48 bits per heavy atom. The standard InChI is InChI=1S/C13H13NO3S4/c1-8-2-4-19-10(8)6-11-12(15)14(13(18)20-11)9-3-5-21(16,17)7-9/h2,4,6,9H,3,5,7H2,1H3. The molecule has 0 saturated carbocycles. The van der Waals surface area contributed by atoms with Crippen LogP contribution in [0.4, 0.5) is 0 Å². The maximum atomic E-state index is 12.5. The second-order valence-electron chi connectivity index (χ2n) is 5.08. The van der Waals surface area contributed by atoms with E-state index in [1.54, 1.807) is 11.3 Å². The molecule has 0 aliphatic carbocycles. The van der Waals surface area contributed by atoms with E-state index in [1.807, 2.05) is 24.4 Å². The molecule has 8 heteroatoms. The number of aryl methyl sites for hydroxylation is 1. The van der Waals surface area contributed by atoms with Crippen LogP contribution in [0.2, 0.25) is 0 Å². The van der Waals surface area contributed by atoms with Gasteiger partial charge in [0.15, 0.2) is 9.84 Å². The lowest BCUT2D eigenvalue weighted by Crippen LogP contribution is -2.39. The molecule has 2 aliphatic rings. The van der Waals surface area contributed by atoms with Crippen LogP contribution in [-0.4, -0.2) is 41.1 Å². The van der Waals surface area contributed by atoms with Gasteiger partial charge in [-0.15, -0.1) is 11.3 Å². The Morgan fingerprint density at radius 2 is 2.24 bits per heavy atom. The fourth-order valence-corrected chi connectivity index (χ4v) is 6.44. The molecule has 1 atom stereocenters. The third-order valence-electron chi connectivity index (χ3n) is 3.56. The smallest absolute Gasteiger partial charge is 0.266 e. The van der Waals surface area contributed by atoms with Gasteiger partial charge in [0.05, 0.1) is 22.5 Å². The van der Waals surface area contributed by atoms with E-state index in [4.69, 9.17) is 12.2 Å². The lowest BCUT2D eigenvalue weighted by molar-refractivity contribution is -0.123. The molecule has 1 amide bonds. The van der Waals surface area contributed by atoms with Crippen molar-refractivity contribution in [2.75, 3.05) is 11.5 Å². The average molecular weight is 360 g/mol. The first-order valence-electron chi connectivity index (χ1n) is 6.39. The molecular formula is C13H13NO3S4. The monoisotopic (exact) mass is 359 g/mol. The molecule has 0 radical (unpaired) electrons. The van der Waals surface area contributed by atoms with E-state index >= 15 is 0 Å². The quantitative estimate of drug-likeness (QED) is 0.600. The van der Waals surface area contributed by atoms with Gasteiger partial charge in [-0.1, -0.05) is 24.0 Å². The summed E-state index contributed by atoms with van der Waals surface area (Å²) in [4.78, 5) is 15.6. The third-order valence-corrected chi connectivity index (χ3v) is 7.61. The molecule has 4 nitrogen and oxygen atoms in total. The number of thiophene rings is 1. The van der Waals surface area contributed by atoms with E-state index in [-0.39, 0.29) is 23.5 Å². The van der Waals surface area contributed by atoms with E-state index in [1.165, 1.54) is 16.7 Å². The molecule has 0 aromatic carbocycles. The number of carbonyl (C=O) groups is 1. The van der Waals surface area contributed by atoms with Crippen LogP contribution in [0.3, 0.4) is 0 Å². The highest BCUT2D eigenvalue weighted by atomic mass is 32.2. The fraction of sp³-hybridized carbons (Fsp3) is 0.385. The summed E-state index contributed by atoms with van der Waals surface area (Å²) >= 11 is 8.10. The summed E-state index contributed by atoms with van der Waals surface area (Å²) in [5.41, 5.74) is 1.12. The predicted molar refractivity (Wildman–Crippen MR) is 91.1 cm³/mol. The van der Waals surface area contributed by atoms with Crippen molar-refractivity contribution >= 4 is 61.5 Å². The Morgan fingerprint density at radius 3 is 2.81 bits per heavy atom. The fourth-order valence-electron chi connectivity index (χ4n) is 2.43. The van der Waals surface area contributed by atoms with Crippen molar-refractivity contribution in [3.05, 3.63) is 26.8 Å². The maximum absolute atomic E-state index is 12.5. The highest BCUT2D eigenvalue weighted by Crippen LogP contribution is 2.37. The van der Waals surface area contributed by atoms with Gasteiger partial charge in [0.2, 0.25) is 0 Å². The SMILES string of the molecule is Cc1ccsc1C=C1SC(=S)N(C2CCS(=O)(=O)C2)C1=O. The van der Waals surface area contributed by atoms with Crippen molar-refractivity contribution in [2.24, 2.45) is 0 Å². The number of hydrogen-bond acceptors (Lipinski definition) is 6. The van der Waals surface area contributed by atoms with Crippen LogP contribution < -0.4 is 0 Å². The van der Waals surface area contributed by atoms with Crippen LogP contribution in [0.25, 0.3) is 6.08 Å². The molecule has 1 aromatic heterocycles. The number of rotatable bonds is 2. The van der Waals surface area contributed by atoms with Crippen LogP contribution in [-0.2, 0) is 14.6 Å². The molecule has 112 valence electrons. The summed E-state index contributed by atoms with van der Waals surface area (Å²) < 4.78 is 23.6. The van der Waals surface area contributed by atoms with Gasteiger partial charge in [0, 0.05) is 4.88 Å². The van der Waals surface area contributed by atoms with E-state index in [0.29, 0.717) is 15.6 Å². The molecule has 3 heterocycles. The van der Waals surface area contributed by atoms with Crippen LogP contribution in [0, 0.1) is 6.92 Å². The normalized spacial score (nSPS) is 27.0. The van der Waals surface area contributed by atoms with Gasteiger partial charge in [0.1, 0.15) is 4.32 Å². The number of thioether (sulfide) groups is 1. The third kappa shape index (κ3) is 2.94. The van der Waals surface area contributed by atoms with Gasteiger partial charge >= 0.3 is 0 Å². The van der Waals surface area contributed by atoms with Crippen molar-refractivity contribution in [3.63, 3.8) is 0 Å². The van der Waals surface area contributed by atoms with Gasteiger partial charge < -0.3 is 0 Å². The molecule has 2 aliphatic heterocycles. The molecule has 0 N–H and O–H groups in total. The minimum atomic E-state index is -3.03. The van der Waals surface area contributed by atoms with Crippen molar-refractivity contribution < 1.29 is 13.2 Å². The van der Waals surface area contributed by atoms with Crippen LogP contribution in [0.1, 0.15) is 16.9 Å². The zero-order valence-corrected chi connectivity index (χ0v) is 14.5. The molecule has 0 bridgehead atoms. The summed E-state index contributed by atoms with van der Waals surface area (Å²) in [5.74, 6) is -0.0114. The largest absolute Gasteiger partial charge is 0.289 e. The van der Waals surface area contributed by atoms with Crippen LogP contribution in [0.15, 0.2) is 16.4 Å². The summed E-state index contributed by atoms with van der Waals surface area (Å²) in [7, 11) is -3.03. The lowest BCUT2D eigenvalue weighted by Gasteiger charge is -2.20. The molecular weight excluding hydrogens is 346 g/mol. The molecule has 1 unspecified atom stereocenters. The Balaban J connectivity index is 1.86. The molecule has 2 saturated heterocycles. The van der Waals surface area contributed by atoms with Gasteiger partial charge in [0.25, 0.3) is 5.91 Å². The number of nitrogens with zero attached hydrogens (tertiary/aromatic N) is 1. The zero-order valence-electron chi connectivity index (χ0n) is 11.2. The van der Waals surface area contributed by atoms with Crippen molar-refractivity contribution in [2.45, 2.75) is 19.4 Å². The topological polar surface area (TPSA) is 54.5 Å². The van der Waals surface area contributed by atoms with E-state index in [0.717, 1.165) is 10.4 Å². The van der Waals surface area contributed by atoms with Crippen molar-refractivity contribution in [1.29, 1.82) is 0 Å². The van der Waals surface area contributed by atoms with E-state index in [2.05, 4.69) is 0 Å². The highest BCUT2D eigenvalue weighted by Gasteiger charge is 2.42. The summed E-state index contributed by atoms with van der Waals surface area (Å²) in [6.07, 6.45) is 2.32. The Kier molecular flexibility index (Phi) is 3.98. The Hall–Kier alpha value is -0.700. The number of carbonyl (C=O) groups excluding carboxylic acids is 1. The van der Waals surface area contributed by atoms with E-state index in [9.17, 15) is 13.2 Å². The van der Waals surface area contributed by atoms with E-state index < -0.39 is 9.84 Å². The first-order valence-corrected chi connectivity index (χ1v) is 10.3. The summed E-state index contributed by atoms with van der Waals surface area (Å²) in [5, 5.41) is 1.98. The minimum Gasteiger partial charge on any atom is -0.289 e. The van der Waals surface area contributed by atoms with Gasteiger partial charge in [-0.05, 0) is 36.4 Å². The maximum Gasteiger partial charge on any atom is 0.266 e. The van der Waals surface area contributed by atoms with Gasteiger partial charge in [-0.3, -0.25) is 9.69 Å². The number of amides is 1. The molecule has 2 fully saturated rings. The minimum absolute atomic E-state index is 0.0186. The highest BCUT2D eigenvalue weighted by molar-refractivity contribution is 8.26. The summed E-state index contributed by atoms with van der Waals surface area (Å²) in [6, 6.07) is 1.69. The van der Waals surface area contributed by atoms with Gasteiger partial charge in [-0.2, -0.15) is 0 Å². The zero-order chi connectivity index (χ0) is 15.2. The lowest BCUT2D eigenvalue weighted by atomic mass is 10.2. The van der Waals surface area contributed by atoms with Crippen molar-refractivity contribution in [1.82, 2.24) is 4.90 Å². The van der Waals surface area contributed by atoms with Crippen LogP contribution >= 0.6 is 35.3 Å². The van der Waals surface area contributed by atoms with Crippen LogP contribution in [0.5, 0.6) is 0 Å². The molecule has 21 heavy (non-hydrogen) atoms. The molecule has 0 spiro atoms. The number of hydrogen-bond donors (Lipinski definition) is 0. The second kappa shape index (κ2) is 5.49. The first-order chi connectivity index (χ1) is 9.87. The number of sulfone groups is 1. The number of thiocarbonyl (C=S) groups is 1. The van der Waals surface area contributed by atoms with Gasteiger partial charge in [-0.25, -0.2) is 8.42 Å². The second-order valence-corrected chi connectivity index (χ2v) is 9.93. The summed E-state index contributed by atoms with van der Waals surface area (Å²) in [6.45, 7) is 1.99. The Labute approximate surface area is 137 Å². The molecule has 3 rings (SSSR count).